The molecule has 19 heavy (non-hydrogen) atoms. The van der Waals surface area contributed by atoms with Gasteiger partial charge < -0.3 is 5.32 Å². The molecular formula is C17H18FN. The first-order valence-electron chi connectivity index (χ1n) is 6.81. The molecule has 1 aliphatic carbocycles. The summed E-state index contributed by atoms with van der Waals surface area (Å²) < 4.78 is 13.0. The van der Waals surface area contributed by atoms with Crippen LogP contribution >= 0.6 is 0 Å². The van der Waals surface area contributed by atoms with Gasteiger partial charge in [0.2, 0.25) is 0 Å². The SMILES string of the molecule is Cc1cccc(NC(c2ccc(F)cc2)C2CC2)c1. The van der Waals surface area contributed by atoms with Crippen molar-refractivity contribution in [3.8, 4) is 0 Å². The molecule has 0 saturated heterocycles. The van der Waals surface area contributed by atoms with Crippen LogP contribution in [0.3, 0.4) is 0 Å². The summed E-state index contributed by atoms with van der Waals surface area (Å²) in [6.07, 6.45) is 2.50. The number of halogens is 1. The van der Waals surface area contributed by atoms with Crippen LogP contribution in [0.2, 0.25) is 0 Å². The molecule has 2 aromatic rings. The van der Waals surface area contributed by atoms with Gasteiger partial charge in [-0.05, 0) is 61.1 Å². The molecule has 2 heteroatoms. The molecule has 1 N–H and O–H groups in total. The lowest BCUT2D eigenvalue weighted by Crippen LogP contribution is -2.13. The number of rotatable bonds is 4. The second-order valence-electron chi connectivity index (χ2n) is 5.38. The van der Waals surface area contributed by atoms with Gasteiger partial charge in [-0.3, -0.25) is 0 Å². The van der Waals surface area contributed by atoms with Gasteiger partial charge in [-0.2, -0.15) is 0 Å². The monoisotopic (exact) mass is 255 g/mol. The van der Waals surface area contributed by atoms with Crippen LogP contribution in [0.5, 0.6) is 0 Å². The van der Waals surface area contributed by atoms with E-state index >= 15 is 0 Å². The molecule has 0 radical (unpaired) electrons. The van der Waals surface area contributed by atoms with Gasteiger partial charge in [-0.25, -0.2) is 4.39 Å². The zero-order valence-electron chi connectivity index (χ0n) is 11.1. The van der Waals surface area contributed by atoms with Gasteiger partial charge in [0.05, 0.1) is 6.04 Å². The Morgan fingerprint density at radius 3 is 2.47 bits per heavy atom. The third-order valence-electron chi connectivity index (χ3n) is 3.66. The molecule has 1 aliphatic rings. The van der Waals surface area contributed by atoms with Crippen molar-refractivity contribution < 1.29 is 4.39 Å². The third kappa shape index (κ3) is 2.95. The van der Waals surface area contributed by atoms with Gasteiger partial charge in [0.25, 0.3) is 0 Å². The minimum absolute atomic E-state index is 0.172. The Hall–Kier alpha value is -1.83. The van der Waals surface area contributed by atoms with E-state index in [4.69, 9.17) is 0 Å². The fourth-order valence-corrected chi connectivity index (χ4v) is 2.49. The number of aryl methyl sites for hydroxylation is 1. The van der Waals surface area contributed by atoms with Crippen LogP contribution in [0.4, 0.5) is 10.1 Å². The summed E-state index contributed by atoms with van der Waals surface area (Å²) >= 11 is 0. The number of hydrogen-bond donors (Lipinski definition) is 1. The van der Waals surface area contributed by atoms with E-state index in [1.165, 1.54) is 24.0 Å². The molecule has 0 spiro atoms. The first-order chi connectivity index (χ1) is 9.22. The summed E-state index contributed by atoms with van der Waals surface area (Å²) in [6, 6.07) is 15.6. The van der Waals surface area contributed by atoms with Crippen molar-refractivity contribution in [2.24, 2.45) is 5.92 Å². The van der Waals surface area contributed by atoms with E-state index in [1.54, 1.807) is 12.1 Å². The summed E-state index contributed by atoms with van der Waals surface area (Å²) in [5.41, 5.74) is 3.56. The molecule has 2 aromatic carbocycles. The fraction of sp³-hybridized carbons (Fsp3) is 0.294. The smallest absolute Gasteiger partial charge is 0.123 e. The molecule has 1 unspecified atom stereocenters. The van der Waals surface area contributed by atoms with Crippen LogP contribution in [-0.4, -0.2) is 0 Å². The van der Waals surface area contributed by atoms with Gasteiger partial charge in [-0.1, -0.05) is 24.3 Å². The lowest BCUT2D eigenvalue weighted by molar-refractivity contribution is 0.622. The molecule has 0 heterocycles. The Morgan fingerprint density at radius 2 is 1.84 bits per heavy atom. The summed E-state index contributed by atoms with van der Waals surface area (Å²) in [5.74, 6) is 0.500. The van der Waals surface area contributed by atoms with Crippen LogP contribution in [-0.2, 0) is 0 Å². The highest BCUT2D eigenvalue weighted by Gasteiger charge is 2.32. The van der Waals surface area contributed by atoms with E-state index in [9.17, 15) is 4.39 Å². The van der Waals surface area contributed by atoms with Crippen molar-refractivity contribution >= 4 is 5.69 Å². The van der Waals surface area contributed by atoms with E-state index in [0.717, 1.165) is 5.69 Å². The Balaban J connectivity index is 1.83. The topological polar surface area (TPSA) is 12.0 Å². The fourth-order valence-electron chi connectivity index (χ4n) is 2.49. The predicted molar refractivity (Wildman–Crippen MR) is 76.7 cm³/mol. The first kappa shape index (κ1) is 12.2. The normalized spacial score (nSPS) is 16.1. The number of hydrogen-bond acceptors (Lipinski definition) is 1. The third-order valence-corrected chi connectivity index (χ3v) is 3.66. The van der Waals surface area contributed by atoms with Gasteiger partial charge >= 0.3 is 0 Å². The van der Waals surface area contributed by atoms with Crippen LogP contribution < -0.4 is 5.32 Å². The molecule has 98 valence electrons. The van der Waals surface area contributed by atoms with Crippen LogP contribution in [0.25, 0.3) is 0 Å². The Kier molecular flexibility index (Phi) is 3.24. The van der Waals surface area contributed by atoms with Crippen molar-refractivity contribution in [2.75, 3.05) is 5.32 Å². The van der Waals surface area contributed by atoms with Crippen molar-refractivity contribution in [3.63, 3.8) is 0 Å². The minimum Gasteiger partial charge on any atom is -0.378 e. The maximum atomic E-state index is 13.0. The highest BCUT2D eigenvalue weighted by atomic mass is 19.1. The average molecular weight is 255 g/mol. The lowest BCUT2D eigenvalue weighted by atomic mass is 10.0. The van der Waals surface area contributed by atoms with Gasteiger partial charge in [0.1, 0.15) is 5.82 Å². The standard InChI is InChI=1S/C17H18FN/c1-12-3-2-4-16(11-12)19-17(13-5-6-13)14-7-9-15(18)10-8-14/h2-4,7-11,13,17,19H,5-6H2,1H3. The highest BCUT2D eigenvalue weighted by Crippen LogP contribution is 2.42. The summed E-state index contributed by atoms with van der Waals surface area (Å²) in [6.45, 7) is 2.09. The van der Waals surface area contributed by atoms with E-state index in [0.29, 0.717) is 12.0 Å². The quantitative estimate of drug-likeness (QED) is 0.835. The van der Waals surface area contributed by atoms with E-state index in [-0.39, 0.29) is 5.82 Å². The van der Waals surface area contributed by atoms with Crippen LogP contribution in [0.1, 0.15) is 30.0 Å². The minimum atomic E-state index is -0.172. The first-order valence-corrected chi connectivity index (χ1v) is 6.81. The molecule has 1 fully saturated rings. The average Bonchev–Trinajstić information content (AvgIpc) is 3.22. The Bertz CT molecular complexity index is 558. The molecule has 1 atom stereocenters. The lowest BCUT2D eigenvalue weighted by Gasteiger charge is -2.20. The maximum Gasteiger partial charge on any atom is 0.123 e. The summed E-state index contributed by atoms with van der Waals surface area (Å²) in [4.78, 5) is 0. The van der Waals surface area contributed by atoms with E-state index < -0.39 is 0 Å². The second-order valence-corrected chi connectivity index (χ2v) is 5.38. The molecular weight excluding hydrogens is 237 g/mol. The van der Waals surface area contributed by atoms with Crippen LogP contribution in [0.15, 0.2) is 48.5 Å². The predicted octanol–water partition coefficient (Wildman–Crippen LogP) is 4.70. The van der Waals surface area contributed by atoms with Crippen molar-refractivity contribution in [1.29, 1.82) is 0 Å². The second kappa shape index (κ2) is 5.04. The highest BCUT2D eigenvalue weighted by molar-refractivity contribution is 5.48. The Morgan fingerprint density at radius 1 is 1.11 bits per heavy atom. The van der Waals surface area contributed by atoms with E-state index in [2.05, 4.69) is 36.5 Å². The molecule has 0 aromatic heterocycles. The van der Waals surface area contributed by atoms with E-state index in [1.807, 2.05) is 12.1 Å². The number of nitrogens with one attached hydrogen (secondary N) is 1. The van der Waals surface area contributed by atoms with Gasteiger partial charge in [-0.15, -0.1) is 0 Å². The number of anilines is 1. The molecule has 1 saturated carbocycles. The zero-order valence-corrected chi connectivity index (χ0v) is 11.1. The van der Waals surface area contributed by atoms with Crippen LogP contribution in [0, 0.1) is 18.7 Å². The van der Waals surface area contributed by atoms with Crippen molar-refractivity contribution in [1.82, 2.24) is 0 Å². The van der Waals surface area contributed by atoms with Gasteiger partial charge in [0, 0.05) is 5.69 Å². The summed E-state index contributed by atoms with van der Waals surface area (Å²) in [7, 11) is 0. The molecule has 0 amide bonds. The maximum absolute atomic E-state index is 13.0. The molecule has 0 aliphatic heterocycles. The summed E-state index contributed by atoms with van der Waals surface area (Å²) in [5, 5.41) is 3.60. The van der Waals surface area contributed by atoms with Crippen molar-refractivity contribution in [2.45, 2.75) is 25.8 Å². The number of benzene rings is 2. The molecule has 0 bridgehead atoms. The molecule has 1 nitrogen and oxygen atoms in total. The molecule has 3 rings (SSSR count). The Labute approximate surface area is 113 Å². The van der Waals surface area contributed by atoms with Gasteiger partial charge in [0.15, 0.2) is 0 Å². The van der Waals surface area contributed by atoms with Crippen molar-refractivity contribution in [3.05, 3.63) is 65.5 Å². The zero-order chi connectivity index (χ0) is 13.2. The largest absolute Gasteiger partial charge is 0.378 e.